The maximum Gasteiger partial charge on any atom is 0.274 e. The molecule has 2 rings (SSSR count). The van der Waals surface area contributed by atoms with Crippen LogP contribution >= 0.6 is 0 Å². The normalized spacial score (nSPS) is 10.6. The Balaban J connectivity index is 2.34. The Hall–Kier alpha value is -2.28. The van der Waals surface area contributed by atoms with Gasteiger partial charge in [0, 0.05) is 12.6 Å². The Bertz CT molecular complexity index is 594. The van der Waals surface area contributed by atoms with Gasteiger partial charge < -0.3 is 5.32 Å². The highest BCUT2D eigenvalue weighted by molar-refractivity contribution is 5.52. The summed E-state index contributed by atoms with van der Waals surface area (Å²) >= 11 is 0. The van der Waals surface area contributed by atoms with Gasteiger partial charge >= 0.3 is 0 Å². The van der Waals surface area contributed by atoms with Crippen LogP contribution in [0.3, 0.4) is 0 Å². The van der Waals surface area contributed by atoms with Gasteiger partial charge in [0.25, 0.3) is 5.69 Å². The first-order chi connectivity index (χ1) is 9.13. The predicted molar refractivity (Wildman–Crippen MR) is 70.1 cm³/mol. The summed E-state index contributed by atoms with van der Waals surface area (Å²) in [6, 6.07) is 4.91. The standard InChI is InChI=1S/C12H15N5O2/c1-3-13-7-10-8-16(15-14-10)11-5-4-6-12(9(11)2)17(18)19/h4-6,8,13H,3,7H2,1-2H3. The van der Waals surface area contributed by atoms with Crippen molar-refractivity contribution in [2.75, 3.05) is 6.54 Å². The lowest BCUT2D eigenvalue weighted by Gasteiger charge is -2.04. The van der Waals surface area contributed by atoms with Gasteiger partial charge in [0.05, 0.1) is 28.1 Å². The van der Waals surface area contributed by atoms with Crippen molar-refractivity contribution in [2.45, 2.75) is 20.4 Å². The molecule has 0 amide bonds. The van der Waals surface area contributed by atoms with Gasteiger partial charge in [0.1, 0.15) is 0 Å². The lowest BCUT2D eigenvalue weighted by molar-refractivity contribution is -0.385. The first-order valence-electron chi connectivity index (χ1n) is 5.99. The summed E-state index contributed by atoms with van der Waals surface area (Å²) < 4.78 is 1.56. The highest BCUT2D eigenvalue weighted by Gasteiger charge is 2.15. The monoisotopic (exact) mass is 261 g/mol. The second kappa shape index (κ2) is 5.57. The molecule has 1 aromatic carbocycles. The Morgan fingerprint density at radius 1 is 1.47 bits per heavy atom. The number of benzene rings is 1. The molecule has 0 bridgehead atoms. The van der Waals surface area contributed by atoms with Crippen molar-refractivity contribution in [1.82, 2.24) is 20.3 Å². The molecule has 7 nitrogen and oxygen atoms in total. The molecule has 1 aromatic heterocycles. The number of aromatic nitrogens is 3. The second-order valence-corrected chi connectivity index (χ2v) is 4.11. The molecule has 0 spiro atoms. The topological polar surface area (TPSA) is 85.9 Å². The molecule has 0 atom stereocenters. The molecule has 100 valence electrons. The first kappa shape index (κ1) is 13.2. The van der Waals surface area contributed by atoms with Crippen LogP contribution in [-0.4, -0.2) is 26.5 Å². The highest BCUT2D eigenvalue weighted by atomic mass is 16.6. The number of nitrogens with zero attached hydrogens (tertiary/aromatic N) is 4. The highest BCUT2D eigenvalue weighted by Crippen LogP contribution is 2.23. The molecular formula is C12H15N5O2. The molecule has 0 fully saturated rings. The third-order valence-electron chi connectivity index (χ3n) is 2.82. The van der Waals surface area contributed by atoms with Crippen LogP contribution < -0.4 is 5.32 Å². The Labute approximate surface area is 110 Å². The maximum atomic E-state index is 10.9. The second-order valence-electron chi connectivity index (χ2n) is 4.11. The molecule has 0 saturated heterocycles. The van der Waals surface area contributed by atoms with E-state index in [-0.39, 0.29) is 5.69 Å². The van der Waals surface area contributed by atoms with Gasteiger partial charge in [-0.1, -0.05) is 18.2 Å². The molecule has 1 heterocycles. The van der Waals surface area contributed by atoms with E-state index in [0.29, 0.717) is 17.8 Å². The fourth-order valence-electron chi connectivity index (χ4n) is 1.81. The largest absolute Gasteiger partial charge is 0.311 e. The number of hydrogen-bond donors (Lipinski definition) is 1. The first-order valence-corrected chi connectivity index (χ1v) is 5.99. The third kappa shape index (κ3) is 2.76. The predicted octanol–water partition coefficient (Wildman–Crippen LogP) is 1.59. The average Bonchev–Trinajstić information content (AvgIpc) is 2.84. The molecule has 7 heteroatoms. The number of rotatable bonds is 5. The maximum absolute atomic E-state index is 10.9. The molecule has 1 N–H and O–H groups in total. The van der Waals surface area contributed by atoms with Crippen molar-refractivity contribution in [3.63, 3.8) is 0 Å². The fraction of sp³-hybridized carbons (Fsp3) is 0.333. The van der Waals surface area contributed by atoms with Crippen LogP contribution in [-0.2, 0) is 6.54 Å². The van der Waals surface area contributed by atoms with Crippen molar-refractivity contribution in [3.05, 3.63) is 45.8 Å². The average molecular weight is 261 g/mol. The quantitative estimate of drug-likeness (QED) is 0.652. The van der Waals surface area contributed by atoms with Crippen molar-refractivity contribution in [3.8, 4) is 5.69 Å². The number of nitrogens with one attached hydrogen (secondary N) is 1. The van der Waals surface area contributed by atoms with Crippen LogP contribution in [0.5, 0.6) is 0 Å². The molecule has 19 heavy (non-hydrogen) atoms. The molecule has 0 aliphatic heterocycles. The summed E-state index contributed by atoms with van der Waals surface area (Å²) in [6.45, 7) is 5.20. The van der Waals surface area contributed by atoms with E-state index in [4.69, 9.17) is 0 Å². The van der Waals surface area contributed by atoms with Crippen LogP contribution in [0, 0.1) is 17.0 Å². The van der Waals surface area contributed by atoms with E-state index in [0.717, 1.165) is 12.2 Å². The van der Waals surface area contributed by atoms with Crippen molar-refractivity contribution in [2.24, 2.45) is 0 Å². The fourth-order valence-corrected chi connectivity index (χ4v) is 1.81. The summed E-state index contributed by atoms with van der Waals surface area (Å²) in [5, 5.41) is 22.1. The summed E-state index contributed by atoms with van der Waals surface area (Å²) in [7, 11) is 0. The van der Waals surface area contributed by atoms with E-state index in [2.05, 4.69) is 15.6 Å². The summed E-state index contributed by atoms with van der Waals surface area (Å²) in [5.41, 5.74) is 2.13. The summed E-state index contributed by atoms with van der Waals surface area (Å²) in [5.74, 6) is 0. The minimum atomic E-state index is -0.394. The van der Waals surface area contributed by atoms with Crippen LogP contribution in [0.1, 0.15) is 18.2 Å². The van der Waals surface area contributed by atoms with Gasteiger partial charge in [0.2, 0.25) is 0 Å². The zero-order valence-corrected chi connectivity index (χ0v) is 10.8. The minimum Gasteiger partial charge on any atom is -0.311 e. The van der Waals surface area contributed by atoms with Gasteiger partial charge in [0.15, 0.2) is 0 Å². The van der Waals surface area contributed by atoms with Crippen LogP contribution in [0.4, 0.5) is 5.69 Å². The van der Waals surface area contributed by atoms with Crippen LogP contribution in [0.25, 0.3) is 5.69 Å². The van der Waals surface area contributed by atoms with Gasteiger partial charge in [-0.3, -0.25) is 10.1 Å². The Morgan fingerprint density at radius 3 is 2.95 bits per heavy atom. The van der Waals surface area contributed by atoms with Crippen molar-refractivity contribution < 1.29 is 4.92 Å². The van der Waals surface area contributed by atoms with Crippen LogP contribution in [0.15, 0.2) is 24.4 Å². The van der Waals surface area contributed by atoms with E-state index in [9.17, 15) is 10.1 Å². The van der Waals surface area contributed by atoms with Gasteiger partial charge in [-0.15, -0.1) is 5.10 Å². The summed E-state index contributed by atoms with van der Waals surface area (Å²) in [4.78, 5) is 10.5. The van der Waals surface area contributed by atoms with Gasteiger partial charge in [-0.05, 0) is 19.5 Å². The molecule has 0 aliphatic carbocycles. The van der Waals surface area contributed by atoms with Gasteiger partial charge in [-0.2, -0.15) is 0 Å². The lowest BCUT2D eigenvalue weighted by Crippen LogP contribution is -2.11. The van der Waals surface area contributed by atoms with E-state index < -0.39 is 4.92 Å². The molecular weight excluding hydrogens is 246 g/mol. The van der Waals surface area contributed by atoms with E-state index in [1.54, 1.807) is 29.9 Å². The van der Waals surface area contributed by atoms with Crippen molar-refractivity contribution in [1.29, 1.82) is 0 Å². The zero-order chi connectivity index (χ0) is 13.8. The Morgan fingerprint density at radius 2 is 2.26 bits per heavy atom. The minimum absolute atomic E-state index is 0.0845. The lowest BCUT2D eigenvalue weighted by atomic mass is 10.1. The van der Waals surface area contributed by atoms with E-state index in [1.807, 2.05) is 6.92 Å². The Kier molecular flexibility index (Phi) is 3.86. The smallest absolute Gasteiger partial charge is 0.274 e. The summed E-state index contributed by atoms with van der Waals surface area (Å²) in [6.07, 6.45) is 1.77. The van der Waals surface area contributed by atoms with E-state index in [1.165, 1.54) is 6.07 Å². The molecule has 0 radical (unpaired) electrons. The molecule has 0 aliphatic rings. The number of nitro benzene ring substituents is 1. The van der Waals surface area contributed by atoms with Crippen molar-refractivity contribution >= 4 is 5.69 Å². The zero-order valence-electron chi connectivity index (χ0n) is 10.8. The third-order valence-corrected chi connectivity index (χ3v) is 2.82. The number of hydrogen-bond acceptors (Lipinski definition) is 5. The van der Waals surface area contributed by atoms with Crippen LogP contribution in [0.2, 0.25) is 0 Å². The molecule has 0 unspecified atom stereocenters. The molecule has 0 saturated carbocycles. The van der Waals surface area contributed by atoms with Gasteiger partial charge in [-0.25, -0.2) is 4.68 Å². The van der Waals surface area contributed by atoms with E-state index >= 15 is 0 Å². The molecule has 2 aromatic rings. The number of nitro groups is 1. The SMILES string of the molecule is CCNCc1cn(-c2cccc([N+](=O)[O-])c2C)nn1.